The Bertz CT molecular complexity index is 459. The number of benzene rings is 1. The third-order valence-corrected chi connectivity index (χ3v) is 4.59. The molecule has 3 N–H and O–H groups in total. The minimum atomic E-state index is -0.857. The molecule has 0 aliphatic heterocycles. The number of carboxylic acids is 1. The molecule has 4 heteroatoms. The van der Waals surface area contributed by atoms with Crippen LogP contribution in [-0.2, 0) is 17.8 Å². The fourth-order valence-electron chi connectivity index (χ4n) is 2.96. The first-order valence-corrected chi connectivity index (χ1v) is 9.82. The summed E-state index contributed by atoms with van der Waals surface area (Å²) in [6, 6.07) is 7.86. The number of aliphatic hydroxyl groups excluding tert-OH is 1. The predicted molar refractivity (Wildman–Crippen MR) is 103 cm³/mol. The second kappa shape index (κ2) is 13.9. The number of hydrogen-bond acceptors (Lipinski definition) is 3. The maximum atomic E-state index is 11.2. The zero-order chi connectivity index (χ0) is 18.3. The zero-order valence-electron chi connectivity index (χ0n) is 15.7. The lowest BCUT2D eigenvalue weighted by Crippen LogP contribution is -2.36. The van der Waals surface area contributed by atoms with Crippen molar-refractivity contribution in [2.45, 2.75) is 83.7 Å². The van der Waals surface area contributed by atoms with Crippen LogP contribution in [0.2, 0.25) is 0 Å². The molecule has 0 spiro atoms. The van der Waals surface area contributed by atoms with Crippen molar-refractivity contribution in [1.29, 1.82) is 0 Å². The topological polar surface area (TPSA) is 69.6 Å². The van der Waals surface area contributed by atoms with Gasteiger partial charge >= 0.3 is 5.97 Å². The molecular formula is C21H35NO3. The maximum Gasteiger partial charge on any atom is 0.320 e. The number of carbonyl (C=O) groups is 1. The molecule has 1 unspecified atom stereocenters. The van der Waals surface area contributed by atoms with Crippen LogP contribution in [0.4, 0.5) is 0 Å². The molecule has 1 rings (SSSR count). The molecule has 0 saturated carbocycles. The van der Waals surface area contributed by atoms with E-state index in [-0.39, 0.29) is 6.61 Å². The van der Waals surface area contributed by atoms with Crippen molar-refractivity contribution >= 4 is 5.97 Å². The number of aliphatic hydroxyl groups is 1. The highest BCUT2D eigenvalue weighted by molar-refractivity contribution is 5.73. The van der Waals surface area contributed by atoms with Crippen LogP contribution in [0.1, 0.15) is 75.8 Å². The van der Waals surface area contributed by atoms with Gasteiger partial charge in [0.05, 0.1) is 0 Å². The summed E-state index contributed by atoms with van der Waals surface area (Å²) in [6.07, 6.45) is 11.3. The smallest absolute Gasteiger partial charge is 0.320 e. The standard InChI is InChI=1S/C21H35NO3/c1-2-3-4-5-6-7-8-10-18-12-14-19(15-13-18)17-22-20(21(24)25)11-9-16-23/h12-15,20,22-23H,2-11,16-17H2,1H3,(H,24,25). The van der Waals surface area contributed by atoms with Gasteiger partial charge in [-0.15, -0.1) is 0 Å². The SMILES string of the molecule is CCCCCCCCCc1ccc(CNC(CCCO)C(=O)O)cc1. The highest BCUT2D eigenvalue weighted by Crippen LogP contribution is 2.12. The number of rotatable bonds is 15. The van der Waals surface area contributed by atoms with Crippen LogP contribution in [0, 0.1) is 0 Å². The van der Waals surface area contributed by atoms with E-state index >= 15 is 0 Å². The molecule has 0 fully saturated rings. The monoisotopic (exact) mass is 349 g/mol. The molecule has 0 aromatic heterocycles. The van der Waals surface area contributed by atoms with Crippen molar-refractivity contribution in [3.05, 3.63) is 35.4 Å². The summed E-state index contributed by atoms with van der Waals surface area (Å²) in [5.41, 5.74) is 2.45. The number of carboxylic acid groups (broad SMARTS) is 1. The first kappa shape index (κ1) is 21.7. The Morgan fingerprint density at radius 2 is 1.56 bits per heavy atom. The quantitative estimate of drug-likeness (QED) is 0.413. The second-order valence-corrected chi connectivity index (χ2v) is 6.83. The fourth-order valence-corrected chi connectivity index (χ4v) is 2.96. The molecule has 0 aliphatic rings. The van der Waals surface area contributed by atoms with Gasteiger partial charge in [-0.05, 0) is 36.8 Å². The van der Waals surface area contributed by atoms with Crippen molar-refractivity contribution in [1.82, 2.24) is 5.32 Å². The lowest BCUT2D eigenvalue weighted by atomic mass is 10.0. The summed E-state index contributed by atoms with van der Waals surface area (Å²) in [4.78, 5) is 11.2. The molecule has 0 amide bonds. The van der Waals surface area contributed by atoms with Crippen LogP contribution in [0.3, 0.4) is 0 Å². The van der Waals surface area contributed by atoms with E-state index in [9.17, 15) is 4.79 Å². The molecule has 1 atom stereocenters. The molecule has 0 aliphatic carbocycles. The minimum Gasteiger partial charge on any atom is -0.480 e. The third kappa shape index (κ3) is 10.3. The lowest BCUT2D eigenvalue weighted by molar-refractivity contribution is -0.139. The Hall–Kier alpha value is -1.39. The molecule has 142 valence electrons. The fraction of sp³-hybridized carbons (Fsp3) is 0.667. The highest BCUT2D eigenvalue weighted by Gasteiger charge is 2.15. The lowest BCUT2D eigenvalue weighted by Gasteiger charge is -2.14. The van der Waals surface area contributed by atoms with Gasteiger partial charge in [-0.25, -0.2) is 0 Å². The highest BCUT2D eigenvalue weighted by atomic mass is 16.4. The van der Waals surface area contributed by atoms with Crippen LogP contribution in [0.25, 0.3) is 0 Å². The number of aliphatic carboxylic acids is 1. The van der Waals surface area contributed by atoms with E-state index in [1.807, 2.05) is 0 Å². The molecule has 0 saturated heterocycles. The Kier molecular flexibility index (Phi) is 12.0. The van der Waals surface area contributed by atoms with Crippen molar-refractivity contribution in [3.63, 3.8) is 0 Å². The van der Waals surface area contributed by atoms with Gasteiger partial charge in [0.2, 0.25) is 0 Å². The summed E-state index contributed by atoms with van der Waals surface area (Å²) >= 11 is 0. The predicted octanol–water partition coefficient (Wildman–Crippen LogP) is 4.30. The van der Waals surface area contributed by atoms with Gasteiger partial charge in [0.25, 0.3) is 0 Å². The third-order valence-electron chi connectivity index (χ3n) is 4.59. The number of nitrogens with one attached hydrogen (secondary N) is 1. The molecule has 1 aromatic rings. The second-order valence-electron chi connectivity index (χ2n) is 6.83. The first-order chi connectivity index (χ1) is 12.2. The summed E-state index contributed by atoms with van der Waals surface area (Å²) in [5, 5.41) is 21.1. The summed E-state index contributed by atoms with van der Waals surface area (Å²) in [5.74, 6) is -0.857. The van der Waals surface area contributed by atoms with Crippen LogP contribution in [0.15, 0.2) is 24.3 Å². The molecule has 0 radical (unpaired) electrons. The Morgan fingerprint density at radius 1 is 0.960 bits per heavy atom. The summed E-state index contributed by atoms with van der Waals surface area (Å²) in [7, 11) is 0. The van der Waals surface area contributed by atoms with E-state index in [0.717, 1.165) is 12.0 Å². The van der Waals surface area contributed by atoms with Crippen molar-refractivity contribution in [2.24, 2.45) is 0 Å². The van der Waals surface area contributed by atoms with Gasteiger partial charge in [0.15, 0.2) is 0 Å². The van der Waals surface area contributed by atoms with E-state index in [1.165, 1.54) is 50.5 Å². The Balaban J connectivity index is 2.25. The number of unbranched alkanes of at least 4 members (excludes halogenated alkanes) is 6. The molecule has 0 heterocycles. The van der Waals surface area contributed by atoms with E-state index in [0.29, 0.717) is 19.4 Å². The average molecular weight is 350 g/mol. The Morgan fingerprint density at radius 3 is 2.16 bits per heavy atom. The molecule has 1 aromatic carbocycles. The zero-order valence-corrected chi connectivity index (χ0v) is 15.7. The van der Waals surface area contributed by atoms with Crippen molar-refractivity contribution in [3.8, 4) is 0 Å². The Labute approximate surface area is 152 Å². The van der Waals surface area contributed by atoms with Gasteiger partial charge in [-0.3, -0.25) is 4.79 Å². The summed E-state index contributed by atoms with van der Waals surface area (Å²) < 4.78 is 0. The van der Waals surface area contributed by atoms with Crippen molar-refractivity contribution < 1.29 is 15.0 Å². The largest absolute Gasteiger partial charge is 0.480 e. The number of aryl methyl sites for hydroxylation is 1. The molecule has 0 bridgehead atoms. The molecule has 4 nitrogen and oxygen atoms in total. The van der Waals surface area contributed by atoms with Gasteiger partial charge < -0.3 is 15.5 Å². The van der Waals surface area contributed by atoms with Crippen LogP contribution < -0.4 is 5.32 Å². The van der Waals surface area contributed by atoms with Gasteiger partial charge in [-0.1, -0.05) is 69.7 Å². The van der Waals surface area contributed by atoms with Crippen LogP contribution in [0.5, 0.6) is 0 Å². The maximum absolute atomic E-state index is 11.2. The first-order valence-electron chi connectivity index (χ1n) is 9.82. The van der Waals surface area contributed by atoms with Gasteiger partial charge in [0, 0.05) is 13.2 Å². The van der Waals surface area contributed by atoms with Crippen molar-refractivity contribution in [2.75, 3.05) is 6.61 Å². The van der Waals surface area contributed by atoms with E-state index in [1.54, 1.807) is 0 Å². The molecular weight excluding hydrogens is 314 g/mol. The van der Waals surface area contributed by atoms with Gasteiger partial charge in [-0.2, -0.15) is 0 Å². The minimum absolute atomic E-state index is 0.0265. The summed E-state index contributed by atoms with van der Waals surface area (Å²) in [6.45, 7) is 2.81. The van der Waals surface area contributed by atoms with E-state index in [2.05, 4.69) is 36.5 Å². The normalized spacial score (nSPS) is 12.2. The van der Waals surface area contributed by atoms with Crippen LogP contribution in [-0.4, -0.2) is 28.8 Å². The number of hydrogen-bond donors (Lipinski definition) is 3. The average Bonchev–Trinajstić information content (AvgIpc) is 2.62. The van der Waals surface area contributed by atoms with E-state index < -0.39 is 12.0 Å². The molecule has 25 heavy (non-hydrogen) atoms. The van der Waals surface area contributed by atoms with Gasteiger partial charge in [0.1, 0.15) is 6.04 Å². The van der Waals surface area contributed by atoms with Crippen LogP contribution >= 0.6 is 0 Å². The van der Waals surface area contributed by atoms with E-state index in [4.69, 9.17) is 10.2 Å².